The van der Waals surface area contributed by atoms with Gasteiger partial charge in [0, 0.05) is 19.2 Å². The highest BCUT2D eigenvalue weighted by Crippen LogP contribution is 2.35. The summed E-state index contributed by atoms with van der Waals surface area (Å²) in [5.74, 6) is 0.882. The van der Waals surface area contributed by atoms with Crippen molar-refractivity contribution < 1.29 is 9.32 Å². The van der Waals surface area contributed by atoms with Crippen LogP contribution >= 0.6 is 0 Å². The van der Waals surface area contributed by atoms with E-state index in [9.17, 15) is 4.79 Å². The Morgan fingerprint density at radius 2 is 2.39 bits per heavy atom. The highest BCUT2D eigenvalue weighted by atomic mass is 16.5. The molecule has 0 aromatic carbocycles. The maximum Gasteiger partial charge on any atom is 0.230 e. The minimum absolute atomic E-state index is 0.0181. The summed E-state index contributed by atoms with van der Waals surface area (Å²) in [6, 6.07) is 1.93. The zero-order chi connectivity index (χ0) is 13.3. The zero-order valence-corrected chi connectivity index (χ0v) is 11.3. The first kappa shape index (κ1) is 13.1. The van der Waals surface area contributed by atoms with Gasteiger partial charge in [-0.15, -0.1) is 0 Å². The van der Waals surface area contributed by atoms with Gasteiger partial charge in [-0.05, 0) is 33.6 Å². The summed E-state index contributed by atoms with van der Waals surface area (Å²) < 4.78 is 5.30. The number of nitrogens with two attached hydrogens (primary N) is 1. The first-order valence-electron chi connectivity index (χ1n) is 6.40. The Bertz CT molecular complexity index is 439. The van der Waals surface area contributed by atoms with E-state index in [4.69, 9.17) is 10.3 Å². The predicted molar refractivity (Wildman–Crippen MR) is 67.8 cm³/mol. The summed E-state index contributed by atoms with van der Waals surface area (Å²) in [5, 5.41) is 3.90. The number of carbonyl (C=O) groups excluding carboxylic acids is 1. The molecule has 1 aromatic rings. The number of likely N-dealkylation sites (tertiary alicyclic amines) is 1. The number of amides is 1. The van der Waals surface area contributed by atoms with Crippen LogP contribution in [-0.2, 0) is 4.79 Å². The molecule has 1 aliphatic rings. The molecule has 5 heteroatoms. The number of rotatable bonds is 3. The highest BCUT2D eigenvalue weighted by Gasteiger charge is 2.38. The Balaban J connectivity index is 2.20. The molecule has 0 aliphatic carbocycles. The van der Waals surface area contributed by atoms with E-state index in [0.717, 1.165) is 30.8 Å². The molecule has 2 heterocycles. The molecule has 1 amide bonds. The second-order valence-electron chi connectivity index (χ2n) is 5.62. The van der Waals surface area contributed by atoms with Gasteiger partial charge in [0.15, 0.2) is 5.76 Å². The molecule has 1 aromatic heterocycles. The first-order chi connectivity index (χ1) is 8.45. The molecule has 0 spiro atoms. The molecule has 1 unspecified atom stereocenters. The zero-order valence-electron chi connectivity index (χ0n) is 11.3. The van der Waals surface area contributed by atoms with Crippen molar-refractivity contribution in [1.29, 1.82) is 0 Å². The Morgan fingerprint density at radius 3 is 2.94 bits per heavy atom. The monoisotopic (exact) mass is 251 g/mol. The van der Waals surface area contributed by atoms with E-state index in [0.29, 0.717) is 6.54 Å². The van der Waals surface area contributed by atoms with Crippen LogP contribution in [0, 0.1) is 12.3 Å². The lowest BCUT2D eigenvalue weighted by molar-refractivity contribution is -0.141. The van der Waals surface area contributed by atoms with Gasteiger partial charge in [0.05, 0.1) is 17.2 Å². The molecule has 1 fully saturated rings. The van der Waals surface area contributed by atoms with Gasteiger partial charge in [-0.2, -0.15) is 0 Å². The van der Waals surface area contributed by atoms with Crippen LogP contribution in [0.3, 0.4) is 0 Å². The molecule has 18 heavy (non-hydrogen) atoms. The van der Waals surface area contributed by atoms with Crippen LogP contribution in [0.15, 0.2) is 10.6 Å². The van der Waals surface area contributed by atoms with Crippen LogP contribution < -0.4 is 5.73 Å². The highest BCUT2D eigenvalue weighted by molar-refractivity contribution is 5.82. The van der Waals surface area contributed by atoms with Crippen LogP contribution in [0.5, 0.6) is 0 Å². The molecule has 2 N–H and O–H groups in total. The topological polar surface area (TPSA) is 72.4 Å². The third-order valence-corrected chi connectivity index (χ3v) is 3.58. The molecule has 0 radical (unpaired) electrons. The smallest absolute Gasteiger partial charge is 0.230 e. The van der Waals surface area contributed by atoms with Crippen LogP contribution in [0.2, 0.25) is 0 Å². The molecular formula is C13H21N3O2. The Kier molecular flexibility index (Phi) is 3.43. The minimum Gasteiger partial charge on any atom is -0.359 e. The van der Waals surface area contributed by atoms with Gasteiger partial charge in [-0.1, -0.05) is 5.16 Å². The van der Waals surface area contributed by atoms with Crippen LogP contribution in [-0.4, -0.2) is 29.1 Å². The Hall–Kier alpha value is -1.36. The number of aryl methyl sites for hydroxylation is 1. The largest absolute Gasteiger partial charge is 0.359 e. The van der Waals surface area contributed by atoms with Gasteiger partial charge < -0.3 is 15.2 Å². The summed E-state index contributed by atoms with van der Waals surface area (Å²) >= 11 is 0. The third-order valence-electron chi connectivity index (χ3n) is 3.58. The Morgan fingerprint density at radius 1 is 1.67 bits per heavy atom. The van der Waals surface area contributed by atoms with Gasteiger partial charge in [0.1, 0.15) is 0 Å². The summed E-state index contributed by atoms with van der Waals surface area (Å²) in [4.78, 5) is 14.4. The van der Waals surface area contributed by atoms with Crippen molar-refractivity contribution in [2.75, 3.05) is 13.1 Å². The van der Waals surface area contributed by atoms with Crippen molar-refractivity contribution >= 4 is 5.91 Å². The quantitative estimate of drug-likeness (QED) is 0.886. The fourth-order valence-electron chi connectivity index (χ4n) is 2.32. The molecule has 2 rings (SSSR count). The summed E-state index contributed by atoms with van der Waals surface area (Å²) in [6.07, 6.45) is 1.93. The van der Waals surface area contributed by atoms with Crippen LogP contribution in [0.25, 0.3) is 0 Å². The van der Waals surface area contributed by atoms with E-state index in [1.165, 1.54) is 0 Å². The number of nitrogens with zero attached hydrogens (tertiary/aromatic N) is 2. The average molecular weight is 251 g/mol. The van der Waals surface area contributed by atoms with E-state index < -0.39 is 5.41 Å². The normalized spacial score (nSPS) is 20.4. The number of aromatic nitrogens is 1. The van der Waals surface area contributed by atoms with E-state index in [1.54, 1.807) is 0 Å². The van der Waals surface area contributed by atoms with Gasteiger partial charge in [0.2, 0.25) is 5.91 Å². The van der Waals surface area contributed by atoms with Crippen LogP contribution in [0.4, 0.5) is 0 Å². The van der Waals surface area contributed by atoms with Crippen molar-refractivity contribution in [3.63, 3.8) is 0 Å². The third kappa shape index (κ3) is 2.27. The average Bonchev–Trinajstić information content (AvgIpc) is 2.95. The predicted octanol–water partition coefficient (Wildman–Crippen LogP) is 1.63. The molecule has 1 saturated heterocycles. The van der Waals surface area contributed by atoms with Gasteiger partial charge in [0.25, 0.3) is 0 Å². The number of hydrogen-bond donors (Lipinski definition) is 1. The van der Waals surface area contributed by atoms with Crippen molar-refractivity contribution in [2.45, 2.75) is 39.7 Å². The van der Waals surface area contributed by atoms with Crippen LogP contribution in [0.1, 0.15) is 44.2 Å². The van der Waals surface area contributed by atoms with E-state index in [1.807, 2.05) is 31.7 Å². The van der Waals surface area contributed by atoms with E-state index >= 15 is 0 Å². The van der Waals surface area contributed by atoms with E-state index in [-0.39, 0.29) is 11.9 Å². The summed E-state index contributed by atoms with van der Waals surface area (Å²) in [6.45, 7) is 6.78. The SMILES string of the molecule is Cc1cc(C2CCCN2C(=O)C(C)(C)CN)on1. The maximum absolute atomic E-state index is 12.5. The van der Waals surface area contributed by atoms with Crippen molar-refractivity contribution in [1.82, 2.24) is 10.1 Å². The molecule has 100 valence electrons. The first-order valence-corrected chi connectivity index (χ1v) is 6.40. The van der Waals surface area contributed by atoms with Gasteiger partial charge >= 0.3 is 0 Å². The fourth-order valence-corrected chi connectivity index (χ4v) is 2.32. The van der Waals surface area contributed by atoms with Gasteiger partial charge in [-0.25, -0.2) is 0 Å². The van der Waals surface area contributed by atoms with Gasteiger partial charge in [-0.3, -0.25) is 4.79 Å². The fraction of sp³-hybridized carbons (Fsp3) is 0.692. The molecule has 5 nitrogen and oxygen atoms in total. The minimum atomic E-state index is -0.516. The van der Waals surface area contributed by atoms with E-state index in [2.05, 4.69) is 5.16 Å². The lowest BCUT2D eigenvalue weighted by Crippen LogP contribution is -2.44. The van der Waals surface area contributed by atoms with Crippen molar-refractivity contribution in [3.05, 3.63) is 17.5 Å². The molecule has 1 atom stereocenters. The molecule has 0 saturated carbocycles. The molecule has 1 aliphatic heterocycles. The van der Waals surface area contributed by atoms with Crippen molar-refractivity contribution in [2.24, 2.45) is 11.1 Å². The number of carbonyl (C=O) groups is 1. The molecular weight excluding hydrogens is 230 g/mol. The second kappa shape index (κ2) is 4.72. The Labute approximate surface area is 107 Å². The number of hydrogen-bond acceptors (Lipinski definition) is 4. The second-order valence-corrected chi connectivity index (χ2v) is 5.62. The summed E-state index contributed by atoms with van der Waals surface area (Å²) in [7, 11) is 0. The maximum atomic E-state index is 12.5. The lowest BCUT2D eigenvalue weighted by Gasteiger charge is -2.31. The lowest BCUT2D eigenvalue weighted by atomic mass is 9.91. The standard InChI is InChI=1S/C13H21N3O2/c1-9-7-11(18-15-9)10-5-4-6-16(10)12(17)13(2,3)8-14/h7,10H,4-6,8,14H2,1-3H3. The van der Waals surface area contributed by atoms with Crippen molar-refractivity contribution in [3.8, 4) is 0 Å². The summed E-state index contributed by atoms with van der Waals surface area (Å²) in [5.41, 5.74) is 6.01. The molecule has 0 bridgehead atoms.